The Morgan fingerprint density at radius 3 is 2.77 bits per heavy atom. The summed E-state index contributed by atoms with van der Waals surface area (Å²) in [5.41, 5.74) is -0.707. The summed E-state index contributed by atoms with van der Waals surface area (Å²) in [6.45, 7) is 4.30. The van der Waals surface area contributed by atoms with Crippen LogP contribution in [0, 0.1) is 5.92 Å². The standard InChI is InChI=1S/C16H20F3NO2/c1-2-7-20(10-12-6-8-22-11-12)15(21)13-4-3-5-14(9-13)16(17,18)19/h3-5,9,12H,2,6-8,10-11H2,1H3. The van der Waals surface area contributed by atoms with Gasteiger partial charge in [-0.15, -0.1) is 0 Å². The zero-order valence-corrected chi connectivity index (χ0v) is 12.5. The number of hydrogen-bond donors (Lipinski definition) is 0. The lowest BCUT2D eigenvalue weighted by Gasteiger charge is -2.25. The van der Waals surface area contributed by atoms with Gasteiger partial charge in [0.1, 0.15) is 0 Å². The largest absolute Gasteiger partial charge is 0.416 e. The molecule has 0 aliphatic carbocycles. The number of ether oxygens (including phenoxy) is 1. The van der Waals surface area contributed by atoms with Gasteiger partial charge in [0.05, 0.1) is 12.2 Å². The molecule has 0 N–H and O–H groups in total. The van der Waals surface area contributed by atoms with Gasteiger partial charge in [0, 0.05) is 31.2 Å². The Balaban J connectivity index is 2.15. The van der Waals surface area contributed by atoms with Crippen molar-refractivity contribution in [3.63, 3.8) is 0 Å². The molecule has 1 saturated heterocycles. The van der Waals surface area contributed by atoms with Crippen molar-refractivity contribution in [2.45, 2.75) is 25.9 Å². The van der Waals surface area contributed by atoms with Gasteiger partial charge < -0.3 is 9.64 Å². The molecule has 3 nitrogen and oxygen atoms in total. The molecule has 6 heteroatoms. The molecule has 22 heavy (non-hydrogen) atoms. The van der Waals surface area contributed by atoms with Crippen LogP contribution in [-0.4, -0.2) is 37.1 Å². The Morgan fingerprint density at radius 1 is 1.41 bits per heavy atom. The van der Waals surface area contributed by atoms with Crippen molar-refractivity contribution in [1.82, 2.24) is 4.90 Å². The van der Waals surface area contributed by atoms with Crippen LogP contribution in [0.2, 0.25) is 0 Å². The van der Waals surface area contributed by atoms with E-state index in [4.69, 9.17) is 4.74 Å². The molecular weight excluding hydrogens is 295 g/mol. The van der Waals surface area contributed by atoms with E-state index in [2.05, 4.69) is 0 Å². The second-order valence-corrected chi connectivity index (χ2v) is 5.56. The first-order valence-electron chi connectivity index (χ1n) is 7.46. The van der Waals surface area contributed by atoms with E-state index in [0.717, 1.165) is 25.0 Å². The highest BCUT2D eigenvalue weighted by atomic mass is 19.4. The Morgan fingerprint density at radius 2 is 2.18 bits per heavy atom. The van der Waals surface area contributed by atoms with E-state index >= 15 is 0 Å². The van der Waals surface area contributed by atoms with Gasteiger partial charge in [-0.25, -0.2) is 0 Å². The van der Waals surface area contributed by atoms with Gasteiger partial charge in [0.25, 0.3) is 5.91 Å². The zero-order chi connectivity index (χ0) is 16.2. The van der Waals surface area contributed by atoms with Gasteiger partial charge in [0.15, 0.2) is 0 Å². The molecule has 122 valence electrons. The van der Waals surface area contributed by atoms with Gasteiger partial charge in [-0.1, -0.05) is 13.0 Å². The summed E-state index contributed by atoms with van der Waals surface area (Å²) < 4.78 is 43.6. The number of amides is 1. The van der Waals surface area contributed by atoms with Crippen molar-refractivity contribution in [1.29, 1.82) is 0 Å². The first-order valence-corrected chi connectivity index (χ1v) is 7.46. The van der Waals surface area contributed by atoms with Crippen LogP contribution in [0.15, 0.2) is 24.3 Å². The van der Waals surface area contributed by atoms with Crippen molar-refractivity contribution < 1.29 is 22.7 Å². The fourth-order valence-corrected chi connectivity index (χ4v) is 2.60. The number of rotatable bonds is 5. The smallest absolute Gasteiger partial charge is 0.381 e. The van der Waals surface area contributed by atoms with E-state index in [1.807, 2.05) is 6.92 Å². The summed E-state index contributed by atoms with van der Waals surface area (Å²) in [6, 6.07) is 4.62. The molecular formula is C16H20F3NO2. The third kappa shape index (κ3) is 4.22. The number of nitrogens with zero attached hydrogens (tertiary/aromatic N) is 1. The number of benzene rings is 1. The molecule has 1 unspecified atom stereocenters. The molecule has 1 aromatic rings. The SMILES string of the molecule is CCCN(CC1CCOC1)C(=O)c1cccc(C(F)(F)F)c1. The predicted octanol–water partition coefficient (Wildman–Crippen LogP) is 3.59. The molecule has 1 amide bonds. The lowest BCUT2D eigenvalue weighted by atomic mass is 10.1. The molecule has 0 saturated carbocycles. The summed E-state index contributed by atoms with van der Waals surface area (Å²) in [7, 11) is 0. The Labute approximate surface area is 128 Å². The van der Waals surface area contributed by atoms with Crippen LogP contribution >= 0.6 is 0 Å². The summed E-state index contributed by atoms with van der Waals surface area (Å²) in [6.07, 6.45) is -2.79. The summed E-state index contributed by atoms with van der Waals surface area (Å²) in [4.78, 5) is 14.2. The first kappa shape index (κ1) is 16.8. The van der Waals surface area contributed by atoms with Gasteiger partial charge >= 0.3 is 6.18 Å². The molecule has 0 aromatic heterocycles. The van der Waals surface area contributed by atoms with Crippen LogP contribution in [0.4, 0.5) is 13.2 Å². The lowest BCUT2D eigenvalue weighted by molar-refractivity contribution is -0.137. The maximum Gasteiger partial charge on any atom is 0.416 e. The average molecular weight is 315 g/mol. The number of alkyl halides is 3. The minimum Gasteiger partial charge on any atom is -0.381 e. The third-order valence-electron chi connectivity index (χ3n) is 3.72. The van der Waals surface area contributed by atoms with E-state index in [1.165, 1.54) is 12.1 Å². The molecule has 1 fully saturated rings. The number of hydrogen-bond acceptors (Lipinski definition) is 2. The quantitative estimate of drug-likeness (QED) is 0.831. The third-order valence-corrected chi connectivity index (χ3v) is 3.72. The van der Waals surface area contributed by atoms with E-state index in [1.54, 1.807) is 4.90 Å². The van der Waals surface area contributed by atoms with Gasteiger partial charge in [0.2, 0.25) is 0 Å². The minimum absolute atomic E-state index is 0.0854. The van der Waals surface area contributed by atoms with Crippen molar-refractivity contribution in [2.75, 3.05) is 26.3 Å². The summed E-state index contributed by atoms with van der Waals surface area (Å²) >= 11 is 0. The topological polar surface area (TPSA) is 29.5 Å². The van der Waals surface area contributed by atoms with Crippen LogP contribution in [0.5, 0.6) is 0 Å². The highest BCUT2D eigenvalue weighted by Gasteiger charge is 2.31. The number of carbonyl (C=O) groups excluding carboxylic acids is 1. The number of halogens is 3. The Bertz CT molecular complexity index is 510. The fourth-order valence-electron chi connectivity index (χ4n) is 2.60. The van der Waals surface area contributed by atoms with E-state index in [-0.39, 0.29) is 17.4 Å². The zero-order valence-electron chi connectivity index (χ0n) is 12.5. The van der Waals surface area contributed by atoms with Gasteiger partial charge in [-0.05, 0) is 31.0 Å². The van der Waals surface area contributed by atoms with Crippen LogP contribution in [0.1, 0.15) is 35.7 Å². The second-order valence-electron chi connectivity index (χ2n) is 5.56. The van der Waals surface area contributed by atoms with Crippen LogP contribution in [0.25, 0.3) is 0 Å². The number of carbonyl (C=O) groups is 1. The Hall–Kier alpha value is -1.56. The van der Waals surface area contributed by atoms with Gasteiger partial charge in [-0.2, -0.15) is 13.2 Å². The van der Waals surface area contributed by atoms with Crippen molar-refractivity contribution >= 4 is 5.91 Å². The van der Waals surface area contributed by atoms with E-state index in [0.29, 0.717) is 26.3 Å². The molecule has 1 atom stereocenters. The molecule has 1 heterocycles. The highest BCUT2D eigenvalue weighted by molar-refractivity contribution is 5.94. The van der Waals surface area contributed by atoms with Crippen LogP contribution in [-0.2, 0) is 10.9 Å². The predicted molar refractivity (Wildman–Crippen MR) is 76.6 cm³/mol. The van der Waals surface area contributed by atoms with Crippen molar-refractivity contribution in [3.05, 3.63) is 35.4 Å². The van der Waals surface area contributed by atoms with E-state index in [9.17, 15) is 18.0 Å². The summed E-state index contributed by atoms with van der Waals surface area (Å²) in [5, 5.41) is 0. The van der Waals surface area contributed by atoms with Crippen LogP contribution in [0.3, 0.4) is 0 Å². The molecule has 1 aromatic carbocycles. The normalized spacial score (nSPS) is 18.5. The minimum atomic E-state index is -4.44. The maximum atomic E-state index is 12.8. The van der Waals surface area contributed by atoms with Crippen LogP contribution < -0.4 is 0 Å². The summed E-state index contributed by atoms with van der Waals surface area (Å²) in [5.74, 6) is -0.0823. The molecule has 0 bridgehead atoms. The second kappa shape index (κ2) is 7.13. The maximum absolute atomic E-state index is 12.8. The monoisotopic (exact) mass is 315 g/mol. The van der Waals surface area contributed by atoms with Gasteiger partial charge in [-0.3, -0.25) is 4.79 Å². The molecule has 0 radical (unpaired) electrons. The first-order chi connectivity index (χ1) is 10.4. The molecule has 1 aliphatic heterocycles. The molecule has 0 spiro atoms. The van der Waals surface area contributed by atoms with Crippen molar-refractivity contribution in [2.24, 2.45) is 5.92 Å². The lowest BCUT2D eigenvalue weighted by Crippen LogP contribution is -2.36. The van der Waals surface area contributed by atoms with E-state index < -0.39 is 11.7 Å². The Kier molecular flexibility index (Phi) is 5.45. The highest BCUT2D eigenvalue weighted by Crippen LogP contribution is 2.30. The van der Waals surface area contributed by atoms with Crippen molar-refractivity contribution in [3.8, 4) is 0 Å². The average Bonchev–Trinajstić information content (AvgIpc) is 2.98. The molecule has 2 rings (SSSR count). The molecule has 1 aliphatic rings. The fraction of sp³-hybridized carbons (Fsp3) is 0.562.